The van der Waals surface area contributed by atoms with Crippen LogP contribution in [0.1, 0.15) is 19.8 Å². The first-order chi connectivity index (χ1) is 8.28. The van der Waals surface area contributed by atoms with Crippen molar-refractivity contribution in [3.05, 3.63) is 24.3 Å². The van der Waals surface area contributed by atoms with Crippen LogP contribution < -0.4 is 10.6 Å². The molecule has 0 radical (unpaired) electrons. The molecular formula is C14H22N2S. The summed E-state index contributed by atoms with van der Waals surface area (Å²) in [4.78, 5) is 1.36. The minimum atomic E-state index is 0.519. The molecule has 1 aliphatic rings. The number of hydrogen-bond acceptors (Lipinski definition) is 3. The number of rotatable bonds is 7. The summed E-state index contributed by atoms with van der Waals surface area (Å²) in [6.07, 6.45) is 2.70. The molecule has 0 amide bonds. The highest BCUT2D eigenvalue weighted by Crippen LogP contribution is 2.44. The topological polar surface area (TPSA) is 24.1 Å². The molecule has 2 nitrogen and oxygen atoms in total. The molecule has 17 heavy (non-hydrogen) atoms. The van der Waals surface area contributed by atoms with Crippen LogP contribution in [-0.4, -0.2) is 25.9 Å². The highest BCUT2D eigenvalue weighted by Gasteiger charge is 2.41. The third kappa shape index (κ3) is 3.65. The standard InChI is InChI=1S/C14H22N2S/c1-3-17-13-6-4-12(5-7-13)16-11-14(8-9-14)10-15-2/h4-7,15-16H,3,8-11H2,1-2H3. The zero-order valence-corrected chi connectivity index (χ0v) is 11.6. The van der Waals surface area contributed by atoms with Gasteiger partial charge in [0.1, 0.15) is 0 Å². The van der Waals surface area contributed by atoms with Gasteiger partial charge in [0.2, 0.25) is 0 Å². The molecule has 94 valence electrons. The van der Waals surface area contributed by atoms with Gasteiger partial charge >= 0.3 is 0 Å². The van der Waals surface area contributed by atoms with Gasteiger partial charge in [-0.3, -0.25) is 0 Å². The van der Waals surface area contributed by atoms with Gasteiger partial charge in [-0.15, -0.1) is 11.8 Å². The molecule has 1 aromatic carbocycles. The molecule has 1 saturated carbocycles. The van der Waals surface area contributed by atoms with Crippen LogP contribution in [0.3, 0.4) is 0 Å². The Balaban J connectivity index is 1.83. The molecule has 0 unspecified atom stereocenters. The predicted molar refractivity (Wildman–Crippen MR) is 76.9 cm³/mol. The van der Waals surface area contributed by atoms with Gasteiger partial charge in [0.15, 0.2) is 0 Å². The lowest BCUT2D eigenvalue weighted by Crippen LogP contribution is -2.26. The van der Waals surface area contributed by atoms with Crippen molar-refractivity contribution in [2.75, 3.05) is 31.2 Å². The Morgan fingerprint density at radius 3 is 2.41 bits per heavy atom. The summed E-state index contributed by atoms with van der Waals surface area (Å²) in [5.41, 5.74) is 1.76. The molecule has 0 spiro atoms. The van der Waals surface area contributed by atoms with Crippen LogP contribution in [0.25, 0.3) is 0 Å². The van der Waals surface area contributed by atoms with E-state index < -0.39 is 0 Å². The number of benzene rings is 1. The van der Waals surface area contributed by atoms with Crippen LogP contribution >= 0.6 is 11.8 Å². The summed E-state index contributed by atoms with van der Waals surface area (Å²) in [5, 5.41) is 6.84. The fraction of sp³-hybridized carbons (Fsp3) is 0.571. The Labute approximate surface area is 109 Å². The van der Waals surface area contributed by atoms with Crippen LogP contribution in [0.5, 0.6) is 0 Å². The maximum atomic E-state index is 3.55. The molecule has 0 heterocycles. The van der Waals surface area contributed by atoms with E-state index >= 15 is 0 Å². The van der Waals surface area contributed by atoms with Gasteiger partial charge in [-0.25, -0.2) is 0 Å². The summed E-state index contributed by atoms with van der Waals surface area (Å²) < 4.78 is 0. The van der Waals surface area contributed by atoms with Crippen molar-refractivity contribution in [2.45, 2.75) is 24.7 Å². The predicted octanol–water partition coefficient (Wildman–Crippen LogP) is 3.21. The number of hydrogen-bond donors (Lipinski definition) is 2. The van der Waals surface area contributed by atoms with Gasteiger partial charge in [-0.1, -0.05) is 6.92 Å². The van der Waals surface area contributed by atoms with E-state index in [1.165, 1.54) is 23.4 Å². The molecule has 1 fully saturated rings. The van der Waals surface area contributed by atoms with Crippen molar-refractivity contribution in [2.24, 2.45) is 5.41 Å². The van der Waals surface area contributed by atoms with E-state index in [0.29, 0.717) is 5.41 Å². The van der Waals surface area contributed by atoms with Crippen molar-refractivity contribution in [3.63, 3.8) is 0 Å². The quantitative estimate of drug-likeness (QED) is 0.727. The number of nitrogens with one attached hydrogen (secondary N) is 2. The van der Waals surface area contributed by atoms with Crippen molar-refractivity contribution < 1.29 is 0 Å². The van der Waals surface area contributed by atoms with Gasteiger partial charge in [0.25, 0.3) is 0 Å². The monoisotopic (exact) mass is 250 g/mol. The van der Waals surface area contributed by atoms with Crippen LogP contribution in [0.4, 0.5) is 5.69 Å². The molecule has 0 atom stereocenters. The van der Waals surface area contributed by atoms with E-state index in [1.54, 1.807) is 0 Å². The molecule has 1 aromatic rings. The fourth-order valence-corrected chi connectivity index (χ4v) is 2.75. The van der Waals surface area contributed by atoms with Crippen molar-refractivity contribution in [3.8, 4) is 0 Å². The van der Waals surface area contributed by atoms with Crippen LogP contribution in [0.15, 0.2) is 29.2 Å². The molecule has 0 bridgehead atoms. The molecule has 2 N–H and O–H groups in total. The summed E-state index contributed by atoms with van der Waals surface area (Å²) in [6, 6.07) is 8.78. The van der Waals surface area contributed by atoms with E-state index in [9.17, 15) is 0 Å². The second-order valence-electron chi connectivity index (χ2n) is 4.84. The second-order valence-corrected chi connectivity index (χ2v) is 6.18. The smallest absolute Gasteiger partial charge is 0.0341 e. The average Bonchev–Trinajstić information content (AvgIpc) is 3.10. The average molecular weight is 250 g/mol. The Kier molecular flexibility index (Phi) is 4.35. The normalized spacial score (nSPS) is 16.8. The van der Waals surface area contributed by atoms with Crippen LogP contribution in [0.2, 0.25) is 0 Å². The first kappa shape index (κ1) is 12.8. The first-order valence-corrected chi connectivity index (χ1v) is 7.38. The third-order valence-electron chi connectivity index (χ3n) is 3.34. The van der Waals surface area contributed by atoms with Gasteiger partial charge in [0.05, 0.1) is 0 Å². The van der Waals surface area contributed by atoms with E-state index in [2.05, 4.69) is 41.8 Å². The zero-order chi connectivity index (χ0) is 12.1. The summed E-state index contributed by atoms with van der Waals surface area (Å²) >= 11 is 1.89. The maximum absolute atomic E-state index is 3.55. The van der Waals surface area contributed by atoms with Gasteiger partial charge in [-0.2, -0.15) is 0 Å². The van der Waals surface area contributed by atoms with E-state index in [0.717, 1.165) is 18.8 Å². The molecule has 3 heteroatoms. The Morgan fingerprint density at radius 2 is 1.88 bits per heavy atom. The Hall–Kier alpha value is -0.670. The van der Waals surface area contributed by atoms with E-state index in [4.69, 9.17) is 0 Å². The molecule has 1 aliphatic carbocycles. The highest BCUT2D eigenvalue weighted by molar-refractivity contribution is 7.99. The molecule has 0 aliphatic heterocycles. The van der Waals surface area contributed by atoms with Crippen molar-refractivity contribution in [1.29, 1.82) is 0 Å². The Morgan fingerprint density at radius 1 is 1.18 bits per heavy atom. The molecule has 2 rings (SSSR count). The molecule has 0 aromatic heterocycles. The van der Waals surface area contributed by atoms with E-state index in [-0.39, 0.29) is 0 Å². The minimum Gasteiger partial charge on any atom is -0.384 e. The SMILES string of the molecule is CCSc1ccc(NCC2(CNC)CC2)cc1. The highest BCUT2D eigenvalue weighted by atomic mass is 32.2. The third-order valence-corrected chi connectivity index (χ3v) is 4.24. The maximum Gasteiger partial charge on any atom is 0.0341 e. The second kappa shape index (κ2) is 5.78. The summed E-state index contributed by atoms with van der Waals surface area (Å²) in [7, 11) is 2.04. The minimum absolute atomic E-state index is 0.519. The summed E-state index contributed by atoms with van der Waals surface area (Å²) in [5.74, 6) is 1.14. The lowest BCUT2D eigenvalue weighted by Gasteiger charge is -2.16. The largest absolute Gasteiger partial charge is 0.384 e. The van der Waals surface area contributed by atoms with Crippen molar-refractivity contribution >= 4 is 17.4 Å². The molecular weight excluding hydrogens is 228 g/mol. The van der Waals surface area contributed by atoms with Crippen LogP contribution in [0, 0.1) is 5.41 Å². The van der Waals surface area contributed by atoms with Gasteiger partial charge in [-0.05, 0) is 49.9 Å². The fourth-order valence-electron chi connectivity index (χ4n) is 2.09. The summed E-state index contributed by atoms with van der Waals surface area (Å²) in [6.45, 7) is 4.41. The number of thioether (sulfide) groups is 1. The van der Waals surface area contributed by atoms with Gasteiger partial charge < -0.3 is 10.6 Å². The molecule has 0 saturated heterocycles. The zero-order valence-electron chi connectivity index (χ0n) is 10.8. The first-order valence-electron chi connectivity index (χ1n) is 6.39. The Bertz CT molecular complexity index is 344. The lowest BCUT2D eigenvalue weighted by molar-refractivity contribution is 0.507. The lowest BCUT2D eigenvalue weighted by atomic mass is 10.1. The van der Waals surface area contributed by atoms with Crippen LogP contribution in [-0.2, 0) is 0 Å². The van der Waals surface area contributed by atoms with Crippen molar-refractivity contribution in [1.82, 2.24) is 5.32 Å². The number of anilines is 1. The van der Waals surface area contributed by atoms with Gasteiger partial charge in [0, 0.05) is 29.1 Å². The van der Waals surface area contributed by atoms with E-state index in [1.807, 2.05) is 18.8 Å².